The highest BCUT2D eigenvalue weighted by Crippen LogP contribution is 2.40. The fourth-order valence-electron chi connectivity index (χ4n) is 5.19. The molecule has 1 aliphatic carbocycles. The molecule has 0 unspecified atom stereocenters. The van der Waals surface area contributed by atoms with E-state index in [-0.39, 0.29) is 17.9 Å². The van der Waals surface area contributed by atoms with Gasteiger partial charge in [0.1, 0.15) is 22.7 Å². The molecule has 2 aromatic rings. The smallest absolute Gasteiger partial charge is 0.271 e. The maximum Gasteiger partial charge on any atom is 0.271 e. The van der Waals surface area contributed by atoms with Crippen LogP contribution in [-0.4, -0.2) is 66.8 Å². The largest absolute Gasteiger partial charge is 0.496 e. The van der Waals surface area contributed by atoms with Crippen LogP contribution < -0.4 is 14.8 Å². The van der Waals surface area contributed by atoms with Crippen molar-refractivity contribution in [2.24, 2.45) is 0 Å². The molecule has 8 heteroatoms. The van der Waals surface area contributed by atoms with Crippen LogP contribution in [0.3, 0.4) is 0 Å². The first kappa shape index (κ1) is 23.4. The van der Waals surface area contributed by atoms with Crippen LogP contribution in [0.25, 0.3) is 10.9 Å². The van der Waals surface area contributed by atoms with Crippen LogP contribution in [0.1, 0.15) is 56.4 Å². The van der Waals surface area contributed by atoms with Gasteiger partial charge in [-0.1, -0.05) is 12.8 Å². The first-order valence-electron chi connectivity index (χ1n) is 11.9. The number of nitrogens with zero attached hydrogens (tertiary/aromatic N) is 2. The van der Waals surface area contributed by atoms with Gasteiger partial charge in [-0.3, -0.25) is 9.59 Å². The Labute approximate surface area is 195 Å². The topological polar surface area (TPSA) is 82.0 Å². The predicted octanol–water partition coefficient (Wildman–Crippen LogP) is 3.36. The average Bonchev–Trinajstić information content (AvgIpc) is 3.46. The number of hydrogen-bond acceptors (Lipinski definition) is 5. The van der Waals surface area contributed by atoms with Gasteiger partial charge in [0.15, 0.2) is 0 Å². The molecule has 1 aromatic heterocycles. The molecule has 2 aliphatic rings. The number of fused-ring (bicyclic) bond motifs is 3. The van der Waals surface area contributed by atoms with Gasteiger partial charge in [-0.15, -0.1) is 0 Å². The summed E-state index contributed by atoms with van der Waals surface area (Å²) in [5.74, 6) is 1.05. The third-order valence-corrected chi connectivity index (χ3v) is 7.00. The number of amides is 2. The first-order valence-corrected chi connectivity index (χ1v) is 11.9. The number of carbonyl (C=O) groups is 2. The number of benzene rings is 1. The van der Waals surface area contributed by atoms with Gasteiger partial charge < -0.3 is 29.0 Å². The van der Waals surface area contributed by atoms with Crippen molar-refractivity contribution >= 4 is 22.7 Å². The lowest BCUT2D eigenvalue weighted by Gasteiger charge is -2.44. The number of carbonyl (C=O) groups excluding carboxylic acids is 2. The molecule has 1 saturated carbocycles. The maximum absolute atomic E-state index is 13.8. The van der Waals surface area contributed by atoms with E-state index >= 15 is 0 Å². The lowest BCUT2D eigenvalue weighted by atomic mass is 9.93. The molecule has 1 atom stereocenters. The van der Waals surface area contributed by atoms with Crippen molar-refractivity contribution in [1.82, 2.24) is 14.8 Å². The summed E-state index contributed by atoms with van der Waals surface area (Å²) in [7, 11) is 3.22. The van der Waals surface area contributed by atoms with Crippen molar-refractivity contribution in [2.45, 2.75) is 64.1 Å². The van der Waals surface area contributed by atoms with Crippen molar-refractivity contribution in [1.29, 1.82) is 0 Å². The highest BCUT2D eigenvalue weighted by Gasteiger charge is 2.48. The SMILES string of the molecule is CCOCCCN1C(=O)c2cc3c(OC)ccc(OC)c3n2C[C@@]1(C)C(=O)NC1CCCC1. The fourth-order valence-corrected chi connectivity index (χ4v) is 5.19. The van der Waals surface area contributed by atoms with E-state index < -0.39 is 5.54 Å². The minimum absolute atomic E-state index is 0.103. The van der Waals surface area contributed by atoms with Gasteiger partial charge in [0.05, 0.1) is 26.3 Å². The predicted molar refractivity (Wildman–Crippen MR) is 126 cm³/mol. The Morgan fingerprint density at radius 3 is 2.55 bits per heavy atom. The molecule has 0 spiro atoms. The van der Waals surface area contributed by atoms with E-state index in [0.717, 1.165) is 36.6 Å². The monoisotopic (exact) mass is 457 g/mol. The van der Waals surface area contributed by atoms with E-state index in [1.807, 2.05) is 36.6 Å². The van der Waals surface area contributed by atoms with Crippen molar-refractivity contribution < 1.29 is 23.8 Å². The Hall–Kier alpha value is -2.74. The van der Waals surface area contributed by atoms with Gasteiger partial charge >= 0.3 is 0 Å². The van der Waals surface area contributed by atoms with Gasteiger partial charge in [0.25, 0.3) is 5.91 Å². The molecule has 0 radical (unpaired) electrons. The van der Waals surface area contributed by atoms with Gasteiger partial charge in [-0.25, -0.2) is 0 Å². The van der Waals surface area contributed by atoms with Gasteiger partial charge in [0.2, 0.25) is 5.91 Å². The van der Waals surface area contributed by atoms with Gasteiger partial charge in [0, 0.05) is 31.2 Å². The Bertz CT molecular complexity index is 1030. The summed E-state index contributed by atoms with van der Waals surface area (Å²) in [5, 5.41) is 4.03. The number of hydrogen-bond donors (Lipinski definition) is 1. The summed E-state index contributed by atoms with van der Waals surface area (Å²) in [6, 6.07) is 5.70. The van der Waals surface area contributed by atoms with E-state index in [1.54, 1.807) is 19.1 Å². The standard InChI is InChI=1S/C25H35N3O5/c1-5-33-14-8-13-28-23(29)19-15-18-20(31-3)11-12-21(32-4)22(18)27(19)16-25(28,2)24(30)26-17-9-6-7-10-17/h11-12,15,17H,5-10,13-14,16H2,1-4H3,(H,26,30)/t25-/m0/s1. The molecule has 33 heavy (non-hydrogen) atoms. The summed E-state index contributed by atoms with van der Waals surface area (Å²) in [5.41, 5.74) is 0.281. The van der Waals surface area contributed by atoms with Crippen LogP contribution in [0, 0.1) is 0 Å². The van der Waals surface area contributed by atoms with Crippen LogP contribution in [0.2, 0.25) is 0 Å². The van der Waals surface area contributed by atoms with Gasteiger partial charge in [-0.05, 0) is 51.3 Å². The van der Waals surface area contributed by atoms with E-state index in [2.05, 4.69) is 5.32 Å². The molecule has 4 rings (SSSR count). The van der Waals surface area contributed by atoms with Crippen molar-refractivity contribution in [3.05, 3.63) is 23.9 Å². The number of rotatable bonds is 9. The normalized spacial score (nSPS) is 20.8. The number of ether oxygens (including phenoxy) is 3. The molecule has 180 valence electrons. The second kappa shape index (κ2) is 9.63. The summed E-state index contributed by atoms with van der Waals surface area (Å²) >= 11 is 0. The molecule has 2 heterocycles. The second-order valence-electron chi connectivity index (χ2n) is 9.08. The van der Waals surface area contributed by atoms with E-state index in [0.29, 0.717) is 49.9 Å². The molecule has 8 nitrogen and oxygen atoms in total. The van der Waals surface area contributed by atoms with Crippen LogP contribution in [0.15, 0.2) is 18.2 Å². The lowest BCUT2D eigenvalue weighted by Crippen LogP contribution is -2.65. The van der Waals surface area contributed by atoms with E-state index in [1.165, 1.54) is 0 Å². The molecule has 1 fully saturated rings. The Kier molecular flexibility index (Phi) is 6.83. The zero-order chi connectivity index (χ0) is 23.6. The third-order valence-electron chi connectivity index (χ3n) is 7.00. The number of aromatic nitrogens is 1. The second-order valence-corrected chi connectivity index (χ2v) is 9.08. The summed E-state index contributed by atoms with van der Waals surface area (Å²) < 4.78 is 18.6. The zero-order valence-electron chi connectivity index (χ0n) is 20.1. The van der Waals surface area contributed by atoms with Crippen molar-refractivity contribution in [2.75, 3.05) is 34.0 Å². The average molecular weight is 458 g/mol. The first-order chi connectivity index (χ1) is 15.9. The third kappa shape index (κ3) is 4.16. The minimum Gasteiger partial charge on any atom is -0.496 e. The highest BCUT2D eigenvalue weighted by molar-refractivity contribution is 6.05. The molecular weight excluding hydrogens is 422 g/mol. The number of nitrogens with one attached hydrogen (secondary N) is 1. The Morgan fingerprint density at radius 2 is 1.88 bits per heavy atom. The van der Waals surface area contributed by atoms with Crippen LogP contribution in [0.5, 0.6) is 11.5 Å². The van der Waals surface area contributed by atoms with E-state index in [4.69, 9.17) is 14.2 Å². The Balaban J connectivity index is 1.77. The molecule has 1 aliphatic heterocycles. The molecule has 1 N–H and O–H groups in total. The van der Waals surface area contributed by atoms with Crippen LogP contribution >= 0.6 is 0 Å². The molecular formula is C25H35N3O5. The van der Waals surface area contributed by atoms with Gasteiger partial charge in [-0.2, -0.15) is 0 Å². The quantitative estimate of drug-likeness (QED) is 0.584. The summed E-state index contributed by atoms with van der Waals surface area (Å²) in [6.07, 6.45) is 4.90. The van der Waals surface area contributed by atoms with Crippen LogP contribution in [0.4, 0.5) is 0 Å². The van der Waals surface area contributed by atoms with E-state index in [9.17, 15) is 9.59 Å². The highest BCUT2D eigenvalue weighted by atomic mass is 16.5. The molecule has 1 aromatic carbocycles. The van der Waals surface area contributed by atoms with Crippen molar-refractivity contribution in [3.63, 3.8) is 0 Å². The molecule has 2 amide bonds. The summed E-state index contributed by atoms with van der Waals surface area (Å²) in [6.45, 7) is 5.78. The maximum atomic E-state index is 13.8. The Morgan fingerprint density at radius 1 is 1.18 bits per heavy atom. The number of methoxy groups -OCH3 is 2. The fraction of sp³-hybridized carbons (Fsp3) is 0.600. The minimum atomic E-state index is -1.03. The molecule has 0 saturated heterocycles. The summed E-state index contributed by atoms with van der Waals surface area (Å²) in [4.78, 5) is 29.2. The molecule has 0 bridgehead atoms. The van der Waals surface area contributed by atoms with Crippen molar-refractivity contribution in [3.8, 4) is 11.5 Å². The van der Waals surface area contributed by atoms with Crippen LogP contribution in [-0.2, 0) is 16.1 Å². The lowest BCUT2D eigenvalue weighted by molar-refractivity contribution is -0.133. The zero-order valence-corrected chi connectivity index (χ0v) is 20.1.